The fourth-order valence-electron chi connectivity index (χ4n) is 2.98. The molecule has 124 valence electrons. The Bertz CT molecular complexity index is 807. The average Bonchev–Trinajstić information content (AvgIpc) is 2.90. The molecule has 2 amide bonds. The van der Waals surface area contributed by atoms with Gasteiger partial charge in [0, 0.05) is 43.2 Å². The first-order valence-corrected chi connectivity index (χ1v) is 7.57. The van der Waals surface area contributed by atoms with Gasteiger partial charge in [0.15, 0.2) is 11.6 Å². The first kappa shape index (κ1) is 16.1. The van der Waals surface area contributed by atoms with Gasteiger partial charge in [-0.05, 0) is 23.8 Å². The maximum atomic E-state index is 13.2. The van der Waals surface area contributed by atoms with Crippen molar-refractivity contribution in [2.24, 2.45) is 0 Å². The van der Waals surface area contributed by atoms with Gasteiger partial charge in [0.25, 0.3) is 0 Å². The summed E-state index contributed by atoms with van der Waals surface area (Å²) in [6.45, 7) is 1.92. The number of rotatable bonds is 3. The van der Waals surface area contributed by atoms with E-state index in [4.69, 9.17) is 0 Å². The molecule has 2 aromatic carbocycles. The van der Waals surface area contributed by atoms with E-state index in [1.54, 1.807) is 4.90 Å². The summed E-state index contributed by atoms with van der Waals surface area (Å²) in [5, 5.41) is 2.56. The lowest BCUT2D eigenvalue weighted by Crippen LogP contribution is -2.28. The highest BCUT2D eigenvalue weighted by atomic mass is 19.2. The van der Waals surface area contributed by atoms with Gasteiger partial charge >= 0.3 is 0 Å². The minimum absolute atomic E-state index is 0.0778. The van der Waals surface area contributed by atoms with E-state index in [1.165, 1.54) is 13.0 Å². The lowest BCUT2D eigenvalue weighted by molar-refractivity contribution is -0.118. The van der Waals surface area contributed by atoms with E-state index >= 15 is 0 Å². The second-order valence-electron chi connectivity index (χ2n) is 5.77. The topological polar surface area (TPSA) is 49.4 Å². The summed E-state index contributed by atoms with van der Waals surface area (Å²) in [6.07, 6.45) is 0.153. The van der Waals surface area contributed by atoms with Crippen LogP contribution < -0.4 is 10.2 Å². The van der Waals surface area contributed by atoms with Gasteiger partial charge in [-0.25, -0.2) is 8.78 Å². The molecule has 24 heavy (non-hydrogen) atoms. The number of nitrogens with one attached hydrogen (secondary N) is 1. The monoisotopic (exact) mass is 330 g/mol. The second-order valence-corrected chi connectivity index (χ2v) is 5.77. The molecule has 0 saturated heterocycles. The Hall–Kier alpha value is -2.76. The predicted octanol–water partition coefficient (Wildman–Crippen LogP) is 3.44. The lowest BCUT2D eigenvalue weighted by atomic mass is 9.97. The van der Waals surface area contributed by atoms with Gasteiger partial charge in [0.1, 0.15) is 0 Å². The van der Waals surface area contributed by atoms with Crippen molar-refractivity contribution < 1.29 is 18.4 Å². The minimum atomic E-state index is -1.01. The van der Waals surface area contributed by atoms with Gasteiger partial charge < -0.3 is 10.2 Å². The summed E-state index contributed by atoms with van der Waals surface area (Å²) in [5.74, 6) is -2.50. The molecule has 1 atom stereocenters. The van der Waals surface area contributed by atoms with E-state index in [0.717, 1.165) is 23.4 Å². The third-order valence-electron chi connectivity index (χ3n) is 4.09. The summed E-state index contributed by atoms with van der Waals surface area (Å²) in [4.78, 5) is 25.6. The standard InChI is InChI=1S/C18H16F2N2O2/c1-11(23)22-10-12(14-4-2-3-5-17(14)22)8-18(24)21-13-6-7-15(19)16(20)9-13/h2-7,9,12H,8,10H2,1H3,(H,21,24). The number of nitrogens with zero attached hydrogens (tertiary/aromatic N) is 1. The van der Waals surface area contributed by atoms with Crippen LogP contribution in [0.25, 0.3) is 0 Å². The number of carbonyl (C=O) groups excluding carboxylic acids is 2. The molecule has 0 spiro atoms. The fourth-order valence-corrected chi connectivity index (χ4v) is 2.98. The van der Waals surface area contributed by atoms with Crippen molar-refractivity contribution in [3.63, 3.8) is 0 Å². The SMILES string of the molecule is CC(=O)N1CC(CC(=O)Nc2ccc(F)c(F)c2)c2ccccc21. The number of hydrogen-bond acceptors (Lipinski definition) is 2. The Kier molecular flexibility index (Phi) is 4.29. The third kappa shape index (κ3) is 3.13. The molecule has 0 aromatic heterocycles. The molecule has 6 heteroatoms. The molecule has 0 bridgehead atoms. The van der Waals surface area contributed by atoms with Gasteiger partial charge in [0.2, 0.25) is 11.8 Å². The van der Waals surface area contributed by atoms with Crippen LogP contribution in [0.2, 0.25) is 0 Å². The molecule has 0 aliphatic carbocycles. The average molecular weight is 330 g/mol. The Morgan fingerprint density at radius 3 is 2.62 bits per heavy atom. The van der Waals surface area contributed by atoms with E-state index in [0.29, 0.717) is 6.54 Å². The minimum Gasteiger partial charge on any atom is -0.326 e. The molecular weight excluding hydrogens is 314 g/mol. The van der Waals surface area contributed by atoms with E-state index in [-0.39, 0.29) is 29.8 Å². The first-order valence-electron chi connectivity index (χ1n) is 7.57. The predicted molar refractivity (Wildman–Crippen MR) is 86.8 cm³/mol. The molecule has 0 radical (unpaired) electrons. The Morgan fingerprint density at radius 2 is 1.92 bits per heavy atom. The van der Waals surface area contributed by atoms with Crippen LogP contribution in [-0.4, -0.2) is 18.4 Å². The van der Waals surface area contributed by atoms with E-state index in [1.807, 2.05) is 24.3 Å². The summed E-state index contributed by atoms with van der Waals surface area (Å²) >= 11 is 0. The van der Waals surface area contributed by atoms with Crippen molar-refractivity contribution >= 4 is 23.2 Å². The molecule has 1 aliphatic heterocycles. The van der Waals surface area contributed by atoms with Crippen LogP contribution in [0.3, 0.4) is 0 Å². The second kappa shape index (κ2) is 6.39. The van der Waals surface area contributed by atoms with E-state index in [9.17, 15) is 18.4 Å². The Balaban J connectivity index is 1.73. The Labute approximate surface area is 138 Å². The first-order chi connectivity index (χ1) is 11.5. The number of amides is 2. The van der Waals surface area contributed by atoms with Crippen LogP contribution >= 0.6 is 0 Å². The largest absolute Gasteiger partial charge is 0.326 e. The van der Waals surface area contributed by atoms with Crippen molar-refractivity contribution in [3.05, 3.63) is 59.7 Å². The zero-order valence-electron chi connectivity index (χ0n) is 13.1. The zero-order valence-corrected chi connectivity index (χ0v) is 13.1. The maximum Gasteiger partial charge on any atom is 0.225 e. The molecule has 0 fully saturated rings. The van der Waals surface area contributed by atoms with Crippen molar-refractivity contribution in [1.82, 2.24) is 0 Å². The molecule has 3 rings (SSSR count). The maximum absolute atomic E-state index is 13.2. The van der Waals surface area contributed by atoms with Crippen LogP contribution in [0.1, 0.15) is 24.8 Å². The van der Waals surface area contributed by atoms with Gasteiger partial charge in [-0.3, -0.25) is 9.59 Å². The highest BCUT2D eigenvalue weighted by molar-refractivity contribution is 5.96. The van der Waals surface area contributed by atoms with Gasteiger partial charge in [0.05, 0.1) is 0 Å². The number of carbonyl (C=O) groups is 2. The zero-order chi connectivity index (χ0) is 17.3. The summed E-state index contributed by atoms with van der Waals surface area (Å²) < 4.78 is 26.1. The van der Waals surface area contributed by atoms with Crippen LogP contribution in [0.4, 0.5) is 20.2 Å². The quantitative estimate of drug-likeness (QED) is 0.937. The van der Waals surface area contributed by atoms with Crippen molar-refractivity contribution in [3.8, 4) is 0 Å². The molecule has 4 nitrogen and oxygen atoms in total. The van der Waals surface area contributed by atoms with Gasteiger partial charge in [-0.1, -0.05) is 18.2 Å². The number of hydrogen-bond donors (Lipinski definition) is 1. The van der Waals surface area contributed by atoms with Gasteiger partial charge in [-0.2, -0.15) is 0 Å². The number of halogens is 2. The van der Waals surface area contributed by atoms with Crippen LogP contribution in [0, 0.1) is 11.6 Å². The molecule has 1 N–H and O–H groups in total. The highest BCUT2D eigenvalue weighted by Gasteiger charge is 2.31. The molecule has 1 aliphatic rings. The van der Waals surface area contributed by atoms with Gasteiger partial charge in [-0.15, -0.1) is 0 Å². The van der Waals surface area contributed by atoms with E-state index in [2.05, 4.69) is 5.32 Å². The molecule has 0 saturated carbocycles. The smallest absolute Gasteiger partial charge is 0.225 e. The van der Waals surface area contributed by atoms with Crippen molar-refractivity contribution in [1.29, 1.82) is 0 Å². The van der Waals surface area contributed by atoms with E-state index < -0.39 is 11.6 Å². The highest BCUT2D eigenvalue weighted by Crippen LogP contribution is 2.38. The molecule has 1 unspecified atom stereocenters. The van der Waals surface area contributed by atoms with Crippen molar-refractivity contribution in [2.45, 2.75) is 19.3 Å². The molecular formula is C18H16F2N2O2. The summed E-state index contributed by atoms with van der Waals surface area (Å²) in [7, 11) is 0. The lowest BCUT2D eigenvalue weighted by Gasteiger charge is -2.15. The van der Waals surface area contributed by atoms with Crippen LogP contribution in [-0.2, 0) is 9.59 Å². The summed E-state index contributed by atoms with van der Waals surface area (Å²) in [5.41, 5.74) is 1.96. The fraction of sp³-hybridized carbons (Fsp3) is 0.222. The molecule has 2 aromatic rings. The summed E-state index contributed by atoms with van der Waals surface area (Å²) in [6, 6.07) is 10.7. The third-order valence-corrected chi connectivity index (χ3v) is 4.09. The van der Waals surface area contributed by atoms with Crippen molar-refractivity contribution in [2.75, 3.05) is 16.8 Å². The van der Waals surface area contributed by atoms with Crippen LogP contribution in [0.15, 0.2) is 42.5 Å². The number of anilines is 2. The normalized spacial score (nSPS) is 16.0. The Morgan fingerprint density at radius 1 is 1.17 bits per heavy atom. The number of fused-ring (bicyclic) bond motifs is 1. The number of para-hydroxylation sites is 1. The molecule has 1 heterocycles. The van der Waals surface area contributed by atoms with Crippen LogP contribution in [0.5, 0.6) is 0 Å². The number of benzene rings is 2.